The van der Waals surface area contributed by atoms with E-state index in [4.69, 9.17) is 26.4 Å². The molecule has 8 nitrogen and oxygen atoms in total. The van der Waals surface area contributed by atoms with Crippen LogP contribution in [0.1, 0.15) is 0 Å². The fourth-order valence-electron chi connectivity index (χ4n) is 0.901. The molecule has 1 heterocycles. The van der Waals surface area contributed by atoms with Crippen molar-refractivity contribution in [3.05, 3.63) is 0 Å². The van der Waals surface area contributed by atoms with Gasteiger partial charge in [0, 0.05) is 24.6 Å². The van der Waals surface area contributed by atoms with Crippen LogP contribution in [0.4, 0.5) is 0 Å². The number of morpholine rings is 1. The first-order chi connectivity index (χ1) is 9.45. The van der Waals surface area contributed by atoms with Crippen molar-refractivity contribution >= 4 is 33.5 Å². The van der Waals surface area contributed by atoms with Gasteiger partial charge in [0.15, 0.2) is 0 Å². The van der Waals surface area contributed by atoms with Gasteiger partial charge >= 0.3 is 11.9 Å². The molecule has 1 aliphatic heterocycles. The number of nitrogens with one attached hydrogen (secondary N) is 1. The van der Waals surface area contributed by atoms with Crippen molar-refractivity contribution in [2.45, 2.75) is 12.1 Å². The standard InChI is InChI=1S/C6H12N2O4S2.C4H9NO/c7-3(5(9)10)1-13-14-2-4(8)6(11)12;1-3-6-4-2-5-1/h3-4H,1-2,7-8H2,(H,9,10)(H,11,12);5H,1-4H2. The Morgan fingerprint density at radius 1 is 1.05 bits per heavy atom. The molecule has 0 bridgehead atoms. The molecule has 0 aromatic rings. The first-order valence-corrected chi connectivity index (χ1v) is 8.43. The van der Waals surface area contributed by atoms with E-state index in [0.717, 1.165) is 26.3 Å². The molecule has 1 fully saturated rings. The predicted octanol–water partition coefficient (Wildman–Crippen LogP) is -1.20. The van der Waals surface area contributed by atoms with Crippen LogP contribution in [0.15, 0.2) is 0 Å². The smallest absolute Gasteiger partial charge is 0.321 e. The van der Waals surface area contributed by atoms with E-state index in [9.17, 15) is 9.59 Å². The lowest BCUT2D eigenvalue weighted by atomic mass is 10.4. The second kappa shape index (κ2) is 12.2. The summed E-state index contributed by atoms with van der Waals surface area (Å²) in [5.41, 5.74) is 10.4. The van der Waals surface area contributed by atoms with Gasteiger partial charge in [-0.25, -0.2) is 0 Å². The number of rotatable bonds is 7. The normalized spacial score (nSPS) is 17.5. The summed E-state index contributed by atoms with van der Waals surface area (Å²) in [4.78, 5) is 20.5. The molecule has 118 valence electrons. The van der Waals surface area contributed by atoms with Crippen molar-refractivity contribution in [2.24, 2.45) is 11.5 Å². The maximum Gasteiger partial charge on any atom is 0.321 e. The highest BCUT2D eigenvalue weighted by Gasteiger charge is 2.14. The zero-order chi connectivity index (χ0) is 15.4. The van der Waals surface area contributed by atoms with Crippen LogP contribution < -0.4 is 16.8 Å². The van der Waals surface area contributed by atoms with Crippen LogP contribution >= 0.6 is 21.6 Å². The van der Waals surface area contributed by atoms with Crippen molar-refractivity contribution < 1.29 is 24.5 Å². The van der Waals surface area contributed by atoms with Crippen molar-refractivity contribution in [3.8, 4) is 0 Å². The molecule has 0 saturated carbocycles. The molecule has 0 amide bonds. The predicted molar refractivity (Wildman–Crippen MR) is 79.8 cm³/mol. The molecule has 1 saturated heterocycles. The molecular weight excluding hydrogens is 306 g/mol. The SMILES string of the molecule is C1COCCN1.NC(CSSCC(N)C(=O)O)C(=O)O. The second-order valence-electron chi connectivity index (χ2n) is 3.82. The van der Waals surface area contributed by atoms with Gasteiger partial charge in [-0.15, -0.1) is 0 Å². The number of nitrogens with two attached hydrogens (primary N) is 2. The Bertz CT molecular complexity index is 259. The van der Waals surface area contributed by atoms with Crippen LogP contribution in [-0.2, 0) is 14.3 Å². The summed E-state index contributed by atoms with van der Waals surface area (Å²) in [6.45, 7) is 3.83. The lowest BCUT2D eigenvalue weighted by molar-refractivity contribution is -0.138. The van der Waals surface area contributed by atoms with Gasteiger partial charge in [-0.1, -0.05) is 21.6 Å². The van der Waals surface area contributed by atoms with E-state index in [1.54, 1.807) is 0 Å². The van der Waals surface area contributed by atoms with Crippen LogP contribution in [0.3, 0.4) is 0 Å². The minimum Gasteiger partial charge on any atom is -0.480 e. The minimum atomic E-state index is -1.07. The Hall–Kier alpha value is -0.520. The van der Waals surface area contributed by atoms with Gasteiger partial charge < -0.3 is 31.7 Å². The molecule has 2 atom stereocenters. The highest BCUT2D eigenvalue weighted by molar-refractivity contribution is 8.76. The molecule has 10 heteroatoms. The fraction of sp³-hybridized carbons (Fsp3) is 0.800. The molecule has 0 aliphatic carbocycles. The monoisotopic (exact) mass is 327 g/mol. The van der Waals surface area contributed by atoms with E-state index in [1.807, 2.05) is 0 Å². The molecule has 20 heavy (non-hydrogen) atoms. The topological polar surface area (TPSA) is 148 Å². The molecule has 0 spiro atoms. The number of aliphatic carboxylic acids is 2. The van der Waals surface area contributed by atoms with Crippen molar-refractivity contribution in [1.29, 1.82) is 0 Å². The molecule has 0 aromatic heterocycles. The zero-order valence-corrected chi connectivity index (χ0v) is 12.6. The number of carboxylic acids is 2. The van der Waals surface area contributed by atoms with Crippen LogP contribution in [0.25, 0.3) is 0 Å². The van der Waals surface area contributed by atoms with Gasteiger partial charge in [0.25, 0.3) is 0 Å². The van der Waals surface area contributed by atoms with E-state index in [2.05, 4.69) is 5.32 Å². The van der Waals surface area contributed by atoms with Crippen LogP contribution in [-0.4, -0.2) is 72.0 Å². The molecule has 2 unspecified atom stereocenters. The van der Waals surface area contributed by atoms with E-state index >= 15 is 0 Å². The lowest BCUT2D eigenvalue weighted by Crippen LogP contribution is -2.33. The number of ether oxygens (including phenoxy) is 1. The highest BCUT2D eigenvalue weighted by Crippen LogP contribution is 2.22. The quantitative estimate of drug-likeness (QED) is 0.285. The van der Waals surface area contributed by atoms with E-state index in [1.165, 1.54) is 21.6 Å². The Labute approximate surface area is 125 Å². The van der Waals surface area contributed by atoms with Gasteiger partial charge in [0.2, 0.25) is 0 Å². The number of hydrogen-bond donors (Lipinski definition) is 5. The number of hydrogen-bond acceptors (Lipinski definition) is 8. The highest BCUT2D eigenvalue weighted by atomic mass is 33.1. The Morgan fingerprint density at radius 2 is 1.45 bits per heavy atom. The summed E-state index contributed by atoms with van der Waals surface area (Å²) >= 11 is 0. The third kappa shape index (κ3) is 11.3. The summed E-state index contributed by atoms with van der Waals surface area (Å²) in [6, 6.07) is -1.85. The molecule has 1 aliphatic rings. The molecular formula is C10H21N3O5S2. The summed E-state index contributed by atoms with van der Waals surface area (Å²) in [7, 11) is 2.41. The Balaban J connectivity index is 0.000000493. The summed E-state index contributed by atoms with van der Waals surface area (Å²) < 4.78 is 5.01. The number of carboxylic acid groups (broad SMARTS) is 2. The van der Waals surface area contributed by atoms with Crippen molar-refractivity contribution in [1.82, 2.24) is 5.32 Å². The average Bonchev–Trinajstić information content (AvgIpc) is 2.45. The van der Waals surface area contributed by atoms with Crippen molar-refractivity contribution in [3.63, 3.8) is 0 Å². The van der Waals surface area contributed by atoms with E-state index in [-0.39, 0.29) is 11.5 Å². The largest absolute Gasteiger partial charge is 0.480 e. The van der Waals surface area contributed by atoms with Gasteiger partial charge in [-0.05, 0) is 0 Å². The van der Waals surface area contributed by atoms with Crippen molar-refractivity contribution in [2.75, 3.05) is 37.8 Å². The van der Waals surface area contributed by atoms with E-state index in [0.29, 0.717) is 0 Å². The van der Waals surface area contributed by atoms with E-state index < -0.39 is 24.0 Å². The van der Waals surface area contributed by atoms with Gasteiger partial charge in [-0.3, -0.25) is 9.59 Å². The van der Waals surface area contributed by atoms with Crippen LogP contribution in [0, 0.1) is 0 Å². The number of carbonyl (C=O) groups is 2. The fourth-order valence-corrected chi connectivity index (χ4v) is 3.13. The molecule has 7 N–H and O–H groups in total. The van der Waals surface area contributed by atoms with Crippen LogP contribution in [0.5, 0.6) is 0 Å². The Kier molecular flexibility index (Phi) is 11.9. The van der Waals surface area contributed by atoms with Gasteiger partial charge in [-0.2, -0.15) is 0 Å². The average molecular weight is 327 g/mol. The summed E-state index contributed by atoms with van der Waals surface area (Å²) in [5.74, 6) is -1.68. The third-order valence-electron chi connectivity index (χ3n) is 2.06. The maximum atomic E-state index is 10.3. The lowest BCUT2D eigenvalue weighted by Gasteiger charge is -2.10. The third-order valence-corrected chi connectivity index (χ3v) is 4.53. The van der Waals surface area contributed by atoms with Crippen LogP contribution in [0.2, 0.25) is 0 Å². The van der Waals surface area contributed by atoms with Gasteiger partial charge in [0.05, 0.1) is 13.2 Å². The second-order valence-corrected chi connectivity index (χ2v) is 6.37. The zero-order valence-electron chi connectivity index (χ0n) is 11.0. The Morgan fingerprint density at radius 3 is 1.65 bits per heavy atom. The maximum absolute atomic E-state index is 10.3. The van der Waals surface area contributed by atoms with Gasteiger partial charge in [0.1, 0.15) is 12.1 Å². The first kappa shape index (κ1) is 19.5. The first-order valence-electron chi connectivity index (χ1n) is 5.94. The summed E-state index contributed by atoms with van der Waals surface area (Å²) in [6.07, 6.45) is 0. The summed E-state index contributed by atoms with van der Waals surface area (Å²) in [5, 5.41) is 20.0. The molecule has 0 radical (unpaired) electrons. The molecule has 1 rings (SSSR count). The minimum absolute atomic E-state index is 0.229. The molecule has 0 aromatic carbocycles.